The molecule has 24 heavy (non-hydrogen) atoms. The molecule has 0 aromatic heterocycles. The van der Waals surface area contributed by atoms with Crippen LogP contribution in [0.4, 0.5) is 11.4 Å². The maximum Gasteiger partial charge on any atom is 0.223 e. The zero-order valence-electron chi connectivity index (χ0n) is 14.2. The number of aryl methyl sites for hydroxylation is 2. The molecule has 0 saturated carbocycles. The first-order chi connectivity index (χ1) is 11.6. The Kier molecular flexibility index (Phi) is 5.04. The lowest BCUT2D eigenvalue weighted by atomic mass is 10.1. The van der Waals surface area contributed by atoms with Crippen LogP contribution in [0.25, 0.3) is 0 Å². The second-order valence-electron chi connectivity index (χ2n) is 6.44. The molecule has 0 bridgehead atoms. The Hall–Kier alpha value is -2.49. The minimum Gasteiger partial charge on any atom is -0.399 e. The van der Waals surface area contributed by atoms with Crippen molar-refractivity contribution in [2.75, 3.05) is 36.8 Å². The summed E-state index contributed by atoms with van der Waals surface area (Å²) >= 11 is 0. The summed E-state index contributed by atoms with van der Waals surface area (Å²) in [5.74, 6) is 0.257. The molecule has 2 aromatic rings. The summed E-state index contributed by atoms with van der Waals surface area (Å²) < 4.78 is 0. The van der Waals surface area contributed by atoms with Crippen LogP contribution in [-0.2, 0) is 11.2 Å². The van der Waals surface area contributed by atoms with E-state index in [2.05, 4.69) is 36.1 Å². The van der Waals surface area contributed by atoms with Gasteiger partial charge in [0, 0.05) is 44.0 Å². The van der Waals surface area contributed by atoms with Crippen molar-refractivity contribution < 1.29 is 4.79 Å². The Bertz CT molecular complexity index is 671. The van der Waals surface area contributed by atoms with Crippen molar-refractivity contribution >= 4 is 17.3 Å². The van der Waals surface area contributed by atoms with Crippen molar-refractivity contribution in [2.45, 2.75) is 19.8 Å². The Morgan fingerprint density at radius 2 is 1.58 bits per heavy atom. The molecule has 0 radical (unpaired) electrons. The molecule has 4 heteroatoms. The topological polar surface area (TPSA) is 49.6 Å². The van der Waals surface area contributed by atoms with Crippen LogP contribution in [0.1, 0.15) is 17.5 Å². The molecular formula is C20H25N3O. The molecule has 4 nitrogen and oxygen atoms in total. The minimum atomic E-state index is 0.257. The minimum absolute atomic E-state index is 0.257. The summed E-state index contributed by atoms with van der Waals surface area (Å²) in [6, 6.07) is 16.4. The van der Waals surface area contributed by atoms with E-state index in [1.165, 1.54) is 16.8 Å². The van der Waals surface area contributed by atoms with Gasteiger partial charge in [-0.2, -0.15) is 0 Å². The van der Waals surface area contributed by atoms with Gasteiger partial charge in [0.25, 0.3) is 0 Å². The molecule has 0 aliphatic carbocycles. The zero-order valence-corrected chi connectivity index (χ0v) is 14.2. The van der Waals surface area contributed by atoms with E-state index in [9.17, 15) is 4.79 Å². The summed E-state index contributed by atoms with van der Waals surface area (Å²) in [4.78, 5) is 16.7. The number of nitrogen functional groups attached to an aromatic ring is 1. The van der Waals surface area contributed by atoms with Gasteiger partial charge in [0.2, 0.25) is 5.91 Å². The van der Waals surface area contributed by atoms with Crippen LogP contribution in [0.15, 0.2) is 48.5 Å². The van der Waals surface area contributed by atoms with Crippen LogP contribution in [0.3, 0.4) is 0 Å². The Labute approximate surface area is 143 Å². The molecule has 0 unspecified atom stereocenters. The molecule has 3 rings (SSSR count). The number of carbonyl (C=O) groups is 1. The molecule has 1 fully saturated rings. The van der Waals surface area contributed by atoms with Gasteiger partial charge in [-0.05, 0) is 43.2 Å². The van der Waals surface area contributed by atoms with Crippen molar-refractivity contribution in [2.24, 2.45) is 0 Å². The third-order valence-electron chi connectivity index (χ3n) is 4.64. The first kappa shape index (κ1) is 16.4. The van der Waals surface area contributed by atoms with Crippen molar-refractivity contribution in [3.63, 3.8) is 0 Å². The van der Waals surface area contributed by atoms with E-state index in [0.29, 0.717) is 6.42 Å². The molecule has 0 atom stereocenters. The Morgan fingerprint density at radius 1 is 0.958 bits per heavy atom. The molecule has 1 saturated heterocycles. The quantitative estimate of drug-likeness (QED) is 0.880. The van der Waals surface area contributed by atoms with E-state index in [0.717, 1.165) is 38.3 Å². The van der Waals surface area contributed by atoms with Crippen molar-refractivity contribution in [1.29, 1.82) is 0 Å². The van der Waals surface area contributed by atoms with E-state index >= 15 is 0 Å². The van der Waals surface area contributed by atoms with Crippen LogP contribution >= 0.6 is 0 Å². The van der Waals surface area contributed by atoms with Gasteiger partial charge in [-0.3, -0.25) is 4.79 Å². The standard InChI is InChI=1S/C20H25N3O/c1-16-2-4-17(5-3-16)6-11-20(24)23-14-12-22(13-15-23)19-9-7-18(21)8-10-19/h2-5,7-10H,6,11-15,21H2,1H3. The van der Waals surface area contributed by atoms with Gasteiger partial charge in [0.05, 0.1) is 0 Å². The molecule has 1 heterocycles. The predicted molar refractivity (Wildman–Crippen MR) is 99.1 cm³/mol. The fraction of sp³-hybridized carbons (Fsp3) is 0.350. The van der Waals surface area contributed by atoms with Crippen LogP contribution in [0.2, 0.25) is 0 Å². The SMILES string of the molecule is Cc1ccc(CCC(=O)N2CCN(c3ccc(N)cc3)CC2)cc1. The van der Waals surface area contributed by atoms with Crippen molar-refractivity contribution in [3.8, 4) is 0 Å². The van der Waals surface area contributed by atoms with Crippen LogP contribution in [-0.4, -0.2) is 37.0 Å². The second-order valence-corrected chi connectivity index (χ2v) is 6.44. The number of anilines is 2. The highest BCUT2D eigenvalue weighted by molar-refractivity contribution is 5.76. The molecule has 2 N–H and O–H groups in total. The number of carbonyl (C=O) groups excluding carboxylic acids is 1. The Balaban J connectivity index is 1.48. The number of nitrogens with zero attached hydrogens (tertiary/aromatic N) is 2. The highest BCUT2D eigenvalue weighted by Gasteiger charge is 2.20. The van der Waals surface area contributed by atoms with Crippen molar-refractivity contribution in [3.05, 3.63) is 59.7 Å². The number of piperazine rings is 1. The number of nitrogens with two attached hydrogens (primary N) is 1. The highest BCUT2D eigenvalue weighted by atomic mass is 16.2. The molecule has 1 aliphatic rings. The number of hydrogen-bond donors (Lipinski definition) is 1. The largest absolute Gasteiger partial charge is 0.399 e. The predicted octanol–water partition coefficient (Wildman–Crippen LogP) is 2.86. The molecule has 0 spiro atoms. The average molecular weight is 323 g/mol. The lowest BCUT2D eigenvalue weighted by Gasteiger charge is -2.36. The fourth-order valence-electron chi connectivity index (χ4n) is 3.06. The fourth-order valence-corrected chi connectivity index (χ4v) is 3.06. The van der Waals surface area contributed by atoms with E-state index in [1.807, 2.05) is 29.2 Å². The second kappa shape index (κ2) is 7.39. The van der Waals surface area contributed by atoms with Gasteiger partial charge in [0.1, 0.15) is 0 Å². The third kappa shape index (κ3) is 4.07. The molecular weight excluding hydrogens is 298 g/mol. The van der Waals surface area contributed by atoms with E-state index < -0.39 is 0 Å². The number of hydrogen-bond acceptors (Lipinski definition) is 3. The van der Waals surface area contributed by atoms with Gasteiger partial charge >= 0.3 is 0 Å². The third-order valence-corrected chi connectivity index (χ3v) is 4.64. The summed E-state index contributed by atoms with van der Waals surface area (Å²) in [7, 11) is 0. The zero-order chi connectivity index (χ0) is 16.9. The normalized spacial score (nSPS) is 14.7. The number of rotatable bonds is 4. The first-order valence-electron chi connectivity index (χ1n) is 8.55. The lowest BCUT2D eigenvalue weighted by Crippen LogP contribution is -2.48. The first-order valence-corrected chi connectivity index (χ1v) is 8.55. The number of amides is 1. The van der Waals surface area contributed by atoms with Gasteiger partial charge in [-0.1, -0.05) is 29.8 Å². The highest BCUT2D eigenvalue weighted by Crippen LogP contribution is 2.18. The smallest absolute Gasteiger partial charge is 0.223 e. The van der Waals surface area contributed by atoms with Crippen LogP contribution in [0.5, 0.6) is 0 Å². The van der Waals surface area contributed by atoms with Crippen LogP contribution < -0.4 is 10.6 Å². The van der Waals surface area contributed by atoms with E-state index in [-0.39, 0.29) is 5.91 Å². The molecule has 1 amide bonds. The monoisotopic (exact) mass is 323 g/mol. The van der Waals surface area contributed by atoms with Gasteiger partial charge in [-0.15, -0.1) is 0 Å². The number of benzene rings is 2. The summed E-state index contributed by atoms with van der Waals surface area (Å²) in [5.41, 5.74) is 10.2. The average Bonchev–Trinajstić information content (AvgIpc) is 2.62. The van der Waals surface area contributed by atoms with E-state index in [1.54, 1.807) is 0 Å². The lowest BCUT2D eigenvalue weighted by molar-refractivity contribution is -0.131. The summed E-state index contributed by atoms with van der Waals surface area (Å²) in [5, 5.41) is 0. The molecule has 126 valence electrons. The Morgan fingerprint density at radius 3 is 2.21 bits per heavy atom. The summed E-state index contributed by atoms with van der Waals surface area (Å²) in [6.07, 6.45) is 1.40. The maximum absolute atomic E-state index is 12.4. The van der Waals surface area contributed by atoms with Gasteiger partial charge in [0.15, 0.2) is 0 Å². The molecule has 2 aromatic carbocycles. The summed E-state index contributed by atoms with van der Waals surface area (Å²) in [6.45, 7) is 5.41. The van der Waals surface area contributed by atoms with Gasteiger partial charge < -0.3 is 15.5 Å². The van der Waals surface area contributed by atoms with Gasteiger partial charge in [-0.25, -0.2) is 0 Å². The maximum atomic E-state index is 12.4. The van der Waals surface area contributed by atoms with Crippen molar-refractivity contribution in [1.82, 2.24) is 4.90 Å². The van der Waals surface area contributed by atoms with E-state index in [4.69, 9.17) is 5.73 Å². The molecule has 1 aliphatic heterocycles. The van der Waals surface area contributed by atoms with Crippen LogP contribution in [0, 0.1) is 6.92 Å².